The minimum absolute atomic E-state index is 0.0885. The zero-order valence-electron chi connectivity index (χ0n) is 14.6. The van der Waals surface area contributed by atoms with Crippen LogP contribution < -0.4 is 5.32 Å². The maximum absolute atomic E-state index is 6.31. The molecule has 0 aromatic heterocycles. The second-order valence-electron chi connectivity index (χ2n) is 7.35. The van der Waals surface area contributed by atoms with Crippen molar-refractivity contribution < 1.29 is 4.74 Å². The van der Waals surface area contributed by atoms with E-state index in [1.54, 1.807) is 0 Å². The zero-order valence-corrected chi connectivity index (χ0v) is 14.6. The molecule has 0 aromatic rings. The first-order valence-electron chi connectivity index (χ1n) is 8.81. The van der Waals surface area contributed by atoms with Gasteiger partial charge in [0.2, 0.25) is 0 Å². The first kappa shape index (κ1) is 18.0. The van der Waals surface area contributed by atoms with Crippen LogP contribution in [-0.4, -0.2) is 25.3 Å². The fraction of sp³-hybridized carbons (Fsp3) is 1.00. The van der Waals surface area contributed by atoms with Gasteiger partial charge in [-0.2, -0.15) is 0 Å². The highest BCUT2D eigenvalue weighted by atomic mass is 16.5. The fourth-order valence-corrected chi connectivity index (χ4v) is 3.68. The zero-order chi connectivity index (χ0) is 15.1. The molecule has 1 rings (SSSR count). The minimum Gasteiger partial charge on any atom is -0.374 e. The highest BCUT2D eigenvalue weighted by molar-refractivity contribution is 4.98. The summed E-state index contributed by atoms with van der Waals surface area (Å²) in [6.07, 6.45) is 11.7. The molecular formula is C18H37NO. The van der Waals surface area contributed by atoms with Gasteiger partial charge in [-0.25, -0.2) is 0 Å². The average Bonchev–Trinajstić information content (AvgIpc) is 2.42. The Labute approximate surface area is 127 Å². The van der Waals surface area contributed by atoms with E-state index >= 15 is 0 Å². The molecule has 0 radical (unpaired) electrons. The molecule has 1 aliphatic carbocycles. The molecule has 0 heterocycles. The third-order valence-electron chi connectivity index (χ3n) is 5.21. The van der Waals surface area contributed by atoms with Gasteiger partial charge in [-0.1, -0.05) is 46.5 Å². The summed E-state index contributed by atoms with van der Waals surface area (Å²) >= 11 is 0. The van der Waals surface area contributed by atoms with E-state index in [-0.39, 0.29) is 5.60 Å². The van der Waals surface area contributed by atoms with Crippen LogP contribution in [0.4, 0.5) is 0 Å². The maximum atomic E-state index is 6.31. The van der Waals surface area contributed by atoms with Crippen molar-refractivity contribution in [1.82, 2.24) is 5.32 Å². The summed E-state index contributed by atoms with van der Waals surface area (Å²) in [5, 5.41) is 3.58. The summed E-state index contributed by atoms with van der Waals surface area (Å²) in [6, 6.07) is 0.524. The lowest BCUT2D eigenvalue weighted by Gasteiger charge is -2.47. The monoisotopic (exact) mass is 283 g/mol. The summed E-state index contributed by atoms with van der Waals surface area (Å²) in [5.74, 6) is 0. The van der Waals surface area contributed by atoms with Gasteiger partial charge in [-0.15, -0.1) is 0 Å². The molecule has 120 valence electrons. The highest BCUT2D eigenvalue weighted by Gasteiger charge is 2.43. The van der Waals surface area contributed by atoms with Crippen molar-refractivity contribution in [3.05, 3.63) is 0 Å². The standard InChI is InChI=1S/C18H37NO/c1-6-8-9-10-11-16(19-5)18(20-7-2)14-12-17(3,4)13-15-18/h16,19H,6-15H2,1-5H3. The summed E-state index contributed by atoms with van der Waals surface area (Å²) in [5.41, 5.74) is 0.590. The van der Waals surface area contributed by atoms with Crippen molar-refractivity contribution >= 4 is 0 Å². The van der Waals surface area contributed by atoms with E-state index in [9.17, 15) is 0 Å². The van der Waals surface area contributed by atoms with Gasteiger partial charge >= 0.3 is 0 Å². The van der Waals surface area contributed by atoms with E-state index < -0.39 is 0 Å². The first-order valence-corrected chi connectivity index (χ1v) is 8.81. The fourth-order valence-electron chi connectivity index (χ4n) is 3.68. The smallest absolute Gasteiger partial charge is 0.0834 e. The molecule has 1 aliphatic rings. The number of hydrogen-bond acceptors (Lipinski definition) is 2. The molecule has 1 fully saturated rings. The Balaban J connectivity index is 2.61. The van der Waals surface area contributed by atoms with E-state index in [1.165, 1.54) is 57.8 Å². The topological polar surface area (TPSA) is 21.3 Å². The third-order valence-corrected chi connectivity index (χ3v) is 5.21. The Bertz CT molecular complexity index is 252. The first-order chi connectivity index (χ1) is 9.49. The van der Waals surface area contributed by atoms with Crippen molar-refractivity contribution in [2.45, 2.75) is 97.1 Å². The van der Waals surface area contributed by atoms with Crippen LogP contribution in [0.1, 0.15) is 85.5 Å². The summed E-state index contributed by atoms with van der Waals surface area (Å²) in [7, 11) is 2.12. The van der Waals surface area contributed by atoms with E-state index in [2.05, 4.69) is 40.1 Å². The molecule has 0 saturated heterocycles. The molecule has 0 aliphatic heterocycles. The van der Waals surface area contributed by atoms with Gasteiger partial charge < -0.3 is 10.1 Å². The number of hydrogen-bond donors (Lipinski definition) is 1. The highest BCUT2D eigenvalue weighted by Crippen LogP contribution is 2.44. The van der Waals surface area contributed by atoms with Crippen molar-refractivity contribution in [3.8, 4) is 0 Å². The van der Waals surface area contributed by atoms with Crippen molar-refractivity contribution in [2.75, 3.05) is 13.7 Å². The Kier molecular flexibility index (Phi) is 7.53. The lowest BCUT2D eigenvalue weighted by Crippen LogP contribution is -2.54. The van der Waals surface area contributed by atoms with E-state index in [0.29, 0.717) is 11.5 Å². The van der Waals surface area contributed by atoms with Crippen molar-refractivity contribution in [2.24, 2.45) is 5.41 Å². The normalized spacial score (nSPS) is 22.6. The van der Waals surface area contributed by atoms with Gasteiger partial charge in [0.1, 0.15) is 0 Å². The van der Waals surface area contributed by atoms with Crippen molar-refractivity contribution in [3.63, 3.8) is 0 Å². The van der Waals surface area contributed by atoms with Crippen LogP contribution in [-0.2, 0) is 4.74 Å². The SMILES string of the molecule is CCCCCCC(NC)C1(OCC)CCC(C)(C)CC1. The lowest BCUT2D eigenvalue weighted by atomic mass is 9.67. The van der Waals surface area contributed by atoms with Crippen LogP contribution in [0.5, 0.6) is 0 Å². The van der Waals surface area contributed by atoms with Gasteiger partial charge in [-0.05, 0) is 51.5 Å². The van der Waals surface area contributed by atoms with E-state index in [4.69, 9.17) is 4.74 Å². The van der Waals surface area contributed by atoms with Gasteiger partial charge in [0.05, 0.1) is 5.60 Å². The second-order valence-corrected chi connectivity index (χ2v) is 7.35. The second kappa shape index (κ2) is 8.38. The molecule has 1 atom stereocenters. The Hall–Kier alpha value is -0.0800. The number of unbranched alkanes of at least 4 members (excludes halogenated alkanes) is 3. The number of nitrogens with one attached hydrogen (secondary N) is 1. The van der Waals surface area contributed by atoms with Crippen LogP contribution >= 0.6 is 0 Å². The number of ether oxygens (including phenoxy) is 1. The van der Waals surface area contributed by atoms with Crippen LogP contribution in [0.3, 0.4) is 0 Å². The predicted molar refractivity (Wildman–Crippen MR) is 88.2 cm³/mol. The molecule has 1 unspecified atom stereocenters. The minimum atomic E-state index is 0.0885. The molecule has 0 bridgehead atoms. The van der Waals surface area contributed by atoms with Crippen molar-refractivity contribution in [1.29, 1.82) is 0 Å². The van der Waals surface area contributed by atoms with Crippen LogP contribution in [0.15, 0.2) is 0 Å². The predicted octanol–water partition coefficient (Wildman–Crippen LogP) is 4.92. The lowest BCUT2D eigenvalue weighted by molar-refractivity contribution is -0.107. The Morgan fingerprint density at radius 3 is 2.15 bits per heavy atom. The quantitative estimate of drug-likeness (QED) is 0.606. The van der Waals surface area contributed by atoms with Gasteiger partial charge in [0.15, 0.2) is 0 Å². The molecule has 0 spiro atoms. The largest absolute Gasteiger partial charge is 0.374 e. The third kappa shape index (κ3) is 5.04. The van der Waals surface area contributed by atoms with Gasteiger partial charge in [-0.3, -0.25) is 0 Å². The Morgan fingerprint density at radius 2 is 1.65 bits per heavy atom. The molecular weight excluding hydrogens is 246 g/mol. The number of rotatable bonds is 9. The molecule has 1 N–H and O–H groups in total. The maximum Gasteiger partial charge on any atom is 0.0834 e. The van der Waals surface area contributed by atoms with E-state index in [0.717, 1.165) is 6.61 Å². The summed E-state index contributed by atoms with van der Waals surface area (Å²) in [4.78, 5) is 0. The summed E-state index contributed by atoms with van der Waals surface area (Å²) < 4.78 is 6.31. The van der Waals surface area contributed by atoms with Crippen LogP contribution in [0.25, 0.3) is 0 Å². The van der Waals surface area contributed by atoms with Gasteiger partial charge in [0.25, 0.3) is 0 Å². The molecule has 2 nitrogen and oxygen atoms in total. The number of likely N-dealkylation sites (N-methyl/N-ethyl adjacent to an activating group) is 1. The van der Waals surface area contributed by atoms with Gasteiger partial charge in [0, 0.05) is 12.6 Å². The molecule has 2 heteroatoms. The average molecular weight is 284 g/mol. The molecule has 20 heavy (non-hydrogen) atoms. The molecule has 0 aromatic carbocycles. The molecule has 1 saturated carbocycles. The molecule has 0 amide bonds. The van der Waals surface area contributed by atoms with E-state index in [1.807, 2.05) is 0 Å². The van der Waals surface area contributed by atoms with Crippen LogP contribution in [0.2, 0.25) is 0 Å². The summed E-state index contributed by atoms with van der Waals surface area (Å²) in [6.45, 7) is 10.1. The van der Waals surface area contributed by atoms with Crippen LogP contribution in [0, 0.1) is 5.41 Å². The Morgan fingerprint density at radius 1 is 1.00 bits per heavy atom.